The number of rotatable bonds is 6. The first-order valence-corrected chi connectivity index (χ1v) is 12.9. The Hall–Kier alpha value is -2.89. The molecule has 4 heterocycles. The summed E-state index contributed by atoms with van der Waals surface area (Å²) in [6.07, 6.45) is 6.44. The highest BCUT2D eigenvalue weighted by Crippen LogP contribution is 2.38. The van der Waals surface area contributed by atoms with Crippen LogP contribution in [0.4, 0.5) is 4.39 Å². The van der Waals surface area contributed by atoms with E-state index in [1.165, 1.54) is 22.8 Å². The number of amides is 1. The van der Waals surface area contributed by atoms with Gasteiger partial charge in [0, 0.05) is 31.4 Å². The normalized spacial score (nSPS) is 21.8. The molecule has 1 amide bonds. The fourth-order valence-electron chi connectivity index (χ4n) is 4.71. The van der Waals surface area contributed by atoms with E-state index in [0.29, 0.717) is 23.1 Å². The molecule has 34 heavy (non-hydrogen) atoms. The lowest BCUT2D eigenvalue weighted by Gasteiger charge is -2.47. The predicted octanol–water partition coefficient (Wildman–Crippen LogP) is 2.40. The van der Waals surface area contributed by atoms with Crippen LogP contribution in [0.3, 0.4) is 0 Å². The third kappa shape index (κ3) is 4.96. The summed E-state index contributed by atoms with van der Waals surface area (Å²) in [5, 5.41) is 10.9. The van der Waals surface area contributed by atoms with Crippen molar-refractivity contribution in [2.75, 3.05) is 12.8 Å². The highest BCUT2D eigenvalue weighted by molar-refractivity contribution is 7.88. The van der Waals surface area contributed by atoms with Crippen LogP contribution in [0.5, 0.6) is 0 Å². The van der Waals surface area contributed by atoms with Crippen LogP contribution in [0.15, 0.2) is 42.9 Å². The summed E-state index contributed by atoms with van der Waals surface area (Å²) in [4.78, 5) is 17.1. The van der Waals surface area contributed by atoms with Gasteiger partial charge in [-0.25, -0.2) is 17.9 Å². The van der Waals surface area contributed by atoms with Crippen molar-refractivity contribution in [3.8, 4) is 0 Å². The fraction of sp³-hybridized carbons (Fsp3) is 0.435. The van der Waals surface area contributed by atoms with Gasteiger partial charge in [0.1, 0.15) is 0 Å². The van der Waals surface area contributed by atoms with Crippen LogP contribution in [0.1, 0.15) is 54.2 Å². The summed E-state index contributed by atoms with van der Waals surface area (Å²) in [6.45, 7) is 5.83. The quantitative estimate of drug-likeness (QED) is 0.407. The SMILES string of the molecule is Cc1cc(F)ncc1C1CC(NC(=O)c2cnn3cccc3c2)(NC(C)C)CCN1S(C)(=O)=O. The van der Waals surface area contributed by atoms with Gasteiger partial charge in [0.2, 0.25) is 16.0 Å². The maximum atomic E-state index is 13.7. The molecule has 3 aromatic heterocycles. The number of aromatic nitrogens is 3. The van der Waals surface area contributed by atoms with Crippen molar-refractivity contribution in [1.82, 2.24) is 29.5 Å². The molecule has 0 spiro atoms. The number of halogens is 1. The lowest BCUT2D eigenvalue weighted by atomic mass is 9.86. The van der Waals surface area contributed by atoms with Crippen molar-refractivity contribution in [3.05, 3.63) is 65.5 Å². The number of nitrogens with one attached hydrogen (secondary N) is 2. The number of aryl methyl sites for hydroxylation is 1. The van der Waals surface area contributed by atoms with Gasteiger partial charge in [-0.3, -0.25) is 10.1 Å². The van der Waals surface area contributed by atoms with Gasteiger partial charge in [-0.05, 0) is 62.6 Å². The number of carbonyl (C=O) groups excluding carboxylic acids is 1. The highest BCUT2D eigenvalue weighted by Gasteiger charge is 2.45. The first kappa shape index (κ1) is 24.2. The predicted molar refractivity (Wildman–Crippen MR) is 126 cm³/mol. The van der Waals surface area contributed by atoms with E-state index in [-0.39, 0.29) is 24.9 Å². The van der Waals surface area contributed by atoms with Gasteiger partial charge in [-0.1, -0.05) is 0 Å². The van der Waals surface area contributed by atoms with Gasteiger partial charge >= 0.3 is 0 Å². The molecule has 0 bridgehead atoms. The van der Waals surface area contributed by atoms with Crippen LogP contribution >= 0.6 is 0 Å². The van der Waals surface area contributed by atoms with Crippen molar-refractivity contribution < 1.29 is 17.6 Å². The molecule has 2 atom stereocenters. The Kier molecular flexibility index (Phi) is 6.45. The molecule has 1 aliphatic heterocycles. The Labute approximate surface area is 198 Å². The molecular formula is C23H29FN6O3S. The number of fused-ring (bicyclic) bond motifs is 1. The van der Waals surface area contributed by atoms with Crippen molar-refractivity contribution in [1.29, 1.82) is 0 Å². The molecule has 0 aliphatic carbocycles. The highest BCUT2D eigenvalue weighted by atomic mass is 32.2. The number of pyridine rings is 1. The Morgan fingerprint density at radius 2 is 2.06 bits per heavy atom. The minimum absolute atomic E-state index is 0.00408. The minimum Gasteiger partial charge on any atom is -0.334 e. The van der Waals surface area contributed by atoms with E-state index in [9.17, 15) is 17.6 Å². The molecule has 1 fully saturated rings. The largest absolute Gasteiger partial charge is 0.334 e. The number of nitrogens with zero attached hydrogens (tertiary/aromatic N) is 4. The number of carbonyl (C=O) groups is 1. The molecule has 0 radical (unpaired) electrons. The summed E-state index contributed by atoms with van der Waals surface area (Å²) in [5.41, 5.74) is 1.49. The topological polar surface area (TPSA) is 109 Å². The Bertz CT molecular complexity index is 1330. The number of piperidine rings is 1. The third-order valence-corrected chi connectivity index (χ3v) is 7.40. The molecule has 9 nitrogen and oxygen atoms in total. The number of hydrogen-bond donors (Lipinski definition) is 2. The second kappa shape index (κ2) is 9.05. The zero-order chi connectivity index (χ0) is 24.7. The Morgan fingerprint density at radius 1 is 1.29 bits per heavy atom. The lowest BCUT2D eigenvalue weighted by molar-refractivity contribution is 0.0699. The monoisotopic (exact) mass is 488 g/mol. The van der Waals surface area contributed by atoms with Gasteiger partial charge in [0.05, 0.1) is 35.2 Å². The molecule has 3 aromatic rings. The molecule has 0 aromatic carbocycles. The van der Waals surface area contributed by atoms with Crippen LogP contribution < -0.4 is 10.6 Å². The minimum atomic E-state index is -3.57. The van der Waals surface area contributed by atoms with E-state index >= 15 is 0 Å². The van der Waals surface area contributed by atoms with Crippen LogP contribution in [0, 0.1) is 12.9 Å². The van der Waals surface area contributed by atoms with Crippen molar-refractivity contribution in [3.63, 3.8) is 0 Å². The molecule has 2 N–H and O–H groups in total. The van der Waals surface area contributed by atoms with Gasteiger partial charge in [-0.2, -0.15) is 13.8 Å². The van der Waals surface area contributed by atoms with E-state index < -0.39 is 27.7 Å². The zero-order valence-corrected chi connectivity index (χ0v) is 20.4. The molecule has 182 valence electrons. The standard InChI is InChI=1S/C23H29FN6O3S/c1-15(2)27-23(28-22(31)17-11-18-6-5-8-29(18)26-13-17)7-9-30(34(4,32)33)20(12-23)19-14-25-21(24)10-16(19)3/h5-6,8,10-11,13-15,20,27H,7,9,12H2,1-4H3,(H,28,31). The summed E-state index contributed by atoms with van der Waals surface area (Å²) in [7, 11) is -3.57. The fourth-order valence-corrected chi connectivity index (χ4v) is 5.78. The molecule has 1 aliphatic rings. The van der Waals surface area contributed by atoms with Crippen molar-refractivity contribution in [2.45, 2.75) is 51.4 Å². The van der Waals surface area contributed by atoms with Gasteiger partial charge in [0.15, 0.2) is 0 Å². The Morgan fingerprint density at radius 3 is 2.74 bits per heavy atom. The van der Waals surface area contributed by atoms with Gasteiger partial charge < -0.3 is 5.32 Å². The van der Waals surface area contributed by atoms with Crippen LogP contribution in [0.2, 0.25) is 0 Å². The van der Waals surface area contributed by atoms with E-state index in [1.807, 2.05) is 26.0 Å². The van der Waals surface area contributed by atoms with Crippen LogP contribution in [-0.4, -0.2) is 57.7 Å². The summed E-state index contributed by atoms with van der Waals surface area (Å²) in [6, 6.07) is 6.12. The smallest absolute Gasteiger partial charge is 0.254 e. The molecule has 2 unspecified atom stereocenters. The van der Waals surface area contributed by atoms with Gasteiger partial charge in [0.25, 0.3) is 5.91 Å². The van der Waals surface area contributed by atoms with E-state index in [1.54, 1.807) is 23.7 Å². The van der Waals surface area contributed by atoms with Crippen molar-refractivity contribution >= 4 is 21.4 Å². The molecule has 1 saturated heterocycles. The summed E-state index contributed by atoms with van der Waals surface area (Å²) >= 11 is 0. The molecule has 11 heteroatoms. The summed E-state index contributed by atoms with van der Waals surface area (Å²) < 4.78 is 42.0. The van der Waals surface area contributed by atoms with Gasteiger partial charge in [-0.15, -0.1) is 0 Å². The maximum absolute atomic E-state index is 13.7. The van der Waals surface area contributed by atoms with Crippen molar-refractivity contribution in [2.24, 2.45) is 0 Å². The Balaban J connectivity index is 1.71. The second-order valence-electron chi connectivity index (χ2n) is 9.16. The third-order valence-electron chi connectivity index (χ3n) is 6.11. The second-order valence-corrected chi connectivity index (χ2v) is 11.1. The number of hydrogen-bond acceptors (Lipinski definition) is 6. The maximum Gasteiger partial charge on any atom is 0.254 e. The van der Waals surface area contributed by atoms with E-state index in [4.69, 9.17) is 0 Å². The molecule has 4 rings (SSSR count). The first-order valence-electron chi connectivity index (χ1n) is 11.1. The van der Waals surface area contributed by atoms with Crippen LogP contribution in [-0.2, 0) is 10.0 Å². The molecule has 0 saturated carbocycles. The average molecular weight is 489 g/mol. The number of sulfonamides is 1. The zero-order valence-electron chi connectivity index (χ0n) is 19.6. The molecular weight excluding hydrogens is 459 g/mol. The van der Waals surface area contributed by atoms with E-state index in [2.05, 4.69) is 20.7 Å². The lowest BCUT2D eigenvalue weighted by Crippen LogP contribution is -2.65. The van der Waals surface area contributed by atoms with Crippen LogP contribution in [0.25, 0.3) is 5.52 Å². The van der Waals surface area contributed by atoms with E-state index in [0.717, 1.165) is 11.8 Å². The summed E-state index contributed by atoms with van der Waals surface area (Å²) in [5.74, 6) is -0.944. The average Bonchev–Trinajstić information content (AvgIpc) is 3.20. The first-order chi connectivity index (χ1) is 16.0.